The molecule has 3 aromatic rings. The van der Waals surface area contributed by atoms with Crippen molar-refractivity contribution in [2.24, 2.45) is 0 Å². The van der Waals surface area contributed by atoms with E-state index >= 15 is 0 Å². The Bertz CT molecular complexity index is 877. The van der Waals surface area contributed by atoms with Crippen molar-refractivity contribution in [2.75, 3.05) is 0 Å². The Morgan fingerprint density at radius 3 is 2.94 bits per heavy atom. The molecule has 2 aromatic carbocycles. The van der Waals surface area contributed by atoms with Crippen LogP contribution in [0.4, 0.5) is 0 Å². The Kier molecular flexibility index (Phi) is 1.91. The Morgan fingerprint density at radius 1 is 1.39 bits per heavy atom. The van der Waals surface area contributed by atoms with Crippen LogP contribution in [0.5, 0.6) is 5.75 Å². The molecule has 0 unspecified atom stereocenters. The van der Waals surface area contributed by atoms with Crippen LogP contribution in [0.1, 0.15) is 22.9 Å². The van der Waals surface area contributed by atoms with E-state index in [9.17, 15) is 9.90 Å². The summed E-state index contributed by atoms with van der Waals surface area (Å²) in [6.45, 7) is -2.08. The molecule has 0 radical (unpaired) electrons. The summed E-state index contributed by atoms with van der Waals surface area (Å²) in [5, 5.41) is 11.6. The van der Waals surface area contributed by atoms with Gasteiger partial charge in [0.25, 0.3) is 0 Å². The molecule has 3 nitrogen and oxygen atoms in total. The van der Waals surface area contributed by atoms with E-state index < -0.39 is 11.8 Å². The smallest absolute Gasteiger partial charge is 0.396 e. The number of fused-ring (bicyclic) bond motifs is 3. The third kappa shape index (κ3) is 1.53. The minimum atomic E-state index is -2.08. The number of benzene rings is 2. The highest BCUT2D eigenvalue weighted by Crippen LogP contribution is 2.39. The number of hydrogen-bond donors (Lipinski definition) is 1. The highest BCUT2D eigenvalue weighted by molar-refractivity contribution is 7.16. The number of aromatic hydroxyl groups is 1. The molecule has 1 N–H and O–H groups in total. The van der Waals surface area contributed by atoms with Crippen molar-refractivity contribution in [2.45, 2.75) is 19.7 Å². The molecule has 1 heterocycles. The Labute approximate surface area is 112 Å². The van der Waals surface area contributed by atoms with Gasteiger partial charge in [-0.1, -0.05) is 48.9 Å². The first kappa shape index (κ1) is 8.32. The molecule has 92 valence electrons. The predicted octanol–water partition coefficient (Wildman–Crippen LogP) is 3.67. The van der Waals surface area contributed by atoms with E-state index in [2.05, 4.69) is 0 Å². The fraction of sp³-hybridized carbons (Fsp3) is 0.214. The summed E-state index contributed by atoms with van der Waals surface area (Å²) in [5.74, 6) is 0.0272. The maximum Gasteiger partial charge on any atom is 0.396 e. The minimum absolute atomic E-state index is 0.0272. The molecule has 18 heavy (non-hydrogen) atoms. The monoisotopic (exact) mass is 263 g/mol. The lowest BCUT2D eigenvalue weighted by atomic mass is 10.0. The van der Waals surface area contributed by atoms with Gasteiger partial charge in [0.15, 0.2) is 5.58 Å². The largest absolute Gasteiger partial charge is 0.507 e. The maximum atomic E-state index is 11.6. The average molecular weight is 263 g/mol. The van der Waals surface area contributed by atoms with Crippen LogP contribution in [0.3, 0.4) is 0 Å². The summed E-state index contributed by atoms with van der Waals surface area (Å²) in [6, 6.07) is 7.05. The van der Waals surface area contributed by atoms with Gasteiger partial charge in [-0.05, 0) is 6.42 Å². The average Bonchev–Trinajstić information content (AvgIpc) is 2.79. The highest BCUT2D eigenvalue weighted by atomic mass is 32.1. The van der Waals surface area contributed by atoms with Crippen molar-refractivity contribution in [3.05, 3.63) is 39.6 Å². The normalized spacial score (nSPS) is 14.6. The van der Waals surface area contributed by atoms with Crippen molar-refractivity contribution in [3.63, 3.8) is 0 Å². The van der Waals surface area contributed by atoms with Crippen LogP contribution >= 0.6 is 11.3 Å². The number of aryl methyl sites for hydroxylation is 1. The van der Waals surface area contributed by atoms with Crippen LogP contribution in [0.15, 0.2) is 33.5 Å². The van der Waals surface area contributed by atoms with E-state index in [-0.39, 0.29) is 18.6 Å². The Morgan fingerprint density at radius 2 is 2.17 bits per heavy atom. The van der Waals surface area contributed by atoms with Gasteiger partial charge < -0.3 is 9.52 Å². The maximum absolute atomic E-state index is 11.6. The standard InChI is InChI=1S/C14H12O3S/c1-2-5-10-11(15)8-6-3-4-7-9(8)12-13(10)18-14(16)17-12/h3-4,6-7,15H,2,5H2,1H3/i1D3. The number of phenolic OH excluding ortho intramolecular Hbond substituents is 1. The fourth-order valence-electron chi connectivity index (χ4n) is 2.17. The van der Waals surface area contributed by atoms with Crippen LogP contribution in [0.25, 0.3) is 21.1 Å². The molecule has 0 aliphatic carbocycles. The zero-order valence-corrected chi connectivity index (χ0v) is 10.2. The molecule has 3 rings (SSSR count). The molecule has 0 fully saturated rings. The summed E-state index contributed by atoms with van der Waals surface area (Å²) < 4.78 is 27.6. The summed E-state index contributed by atoms with van der Waals surface area (Å²) in [4.78, 5) is 11.1. The Balaban J connectivity index is 2.30. The number of rotatable bonds is 2. The van der Waals surface area contributed by atoms with Crippen molar-refractivity contribution >= 4 is 32.4 Å². The first-order chi connectivity index (χ1) is 9.87. The van der Waals surface area contributed by atoms with E-state index in [1.165, 1.54) is 0 Å². The zero-order chi connectivity index (χ0) is 15.2. The van der Waals surface area contributed by atoms with Gasteiger partial charge in [-0.25, -0.2) is 4.79 Å². The Hall–Kier alpha value is -1.81. The molecule has 4 heteroatoms. The van der Waals surface area contributed by atoms with Crippen LogP contribution < -0.4 is 4.94 Å². The topological polar surface area (TPSA) is 50.4 Å². The second-order valence-corrected chi connectivity index (χ2v) is 4.93. The molecule has 0 atom stereocenters. The van der Waals surface area contributed by atoms with Gasteiger partial charge in [0.1, 0.15) is 5.75 Å². The van der Waals surface area contributed by atoms with E-state index in [0.717, 1.165) is 11.3 Å². The lowest BCUT2D eigenvalue weighted by Crippen LogP contribution is -1.87. The van der Waals surface area contributed by atoms with Crippen molar-refractivity contribution in [1.29, 1.82) is 0 Å². The van der Waals surface area contributed by atoms with Crippen molar-refractivity contribution in [3.8, 4) is 5.75 Å². The van der Waals surface area contributed by atoms with Crippen LogP contribution in [0, 0.1) is 0 Å². The van der Waals surface area contributed by atoms with Crippen LogP contribution in [-0.2, 0) is 6.42 Å². The van der Waals surface area contributed by atoms with Crippen LogP contribution in [0.2, 0.25) is 0 Å². The van der Waals surface area contributed by atoms with E-state index in [1.54, 1.807) is 24.3 Å². The third-order valence-electron chi connectivity index (χ3n) is 2.94. The lowest BCUT2D eigenvalue weighted by molar-refractivity contribution is 0.475. The van der Waals surface area contributed by atoms with Gasteiger partial charge in [-0.2, -0.15) is 0 Å². The van der Waals surface area contributed by atoms with Gasteiger partial charge in [0.05, 0.1) is 4.70 Å². The first-order valence-electron chi connectivity index (χ1n) is 7.03. The second kappa shape index (κ2) is 4.14. The lowest BCUT2D eigenvalue weighted by Gasteiger charge is -2.08. The van der Waals surface area contributed by atoms with Gasteiger partial charge in [0, 0.05) is 20.4 Å². The number of phenols is 1. The molecule has 1 aromatic heterocycles. The molecule has 0 spiro atoms. The molecule has 0 saturated heterocycles. The van der Waals surface area contributed by atoms with Gasteiger partial charge in [-0.15, -0.1) is 0 Å². The quantitative estimate of drug-likeness (QED) is 0.767. The van der Waals surface area contributed by atoms with Gasteiger partial charge >= 0.3 is 4.94 Å². The third-order valence-corrected chi connectivity index (χ3v) is 3.82. The summed E-state index contributed by atoms with van der Waals surface area (Å²) >= 11 is 0.892. The second-order valence-electron chi connectivity index (χ2n) is 3.99. The molecule has 0 amide bonds. The fourth-order valence-corrected chi connectivity index (χ4v) is 3.03. The van der Waals surface area contributed by atoms with Crippen molar-refractivity contribution < 1.29 is 13.6 Å². The molecular formula is C14H12O3S. The molecule has 0 aliphatic heterocycles. The number of hydrogen-bond acceptors (Lipinski definition) is 4. The van der Waals surface area contributed by atoms with E-state index in [0.29, 0.717) is 26.6 Å². The first-order valence-corrected chi connectivity index (χ1v) is 6.35. The minimum Gasteiger partial charge on any atom is -0.507 e. The molecule has 0 aliphatic rings. The molecular weight excluding hydrogens is 248 g/mol. The summed E-state index contributed by atoms with van der Waals surface area (Å²) in [6.07, 6.45) is 0.0965. The van der Waals surface area contributed by atoms with Crippen molar-refractivity contribution in [1.82, 2.24) is 0 Å². The SMILES string of the molecule is [2H]C([2H])([2H])CCc1c(O)c2ccccc2c2oc(=O)sc12. The van der Waals surface area contributed by atoms with E-state index in [4.69, 9.17) is 8.53 Å². The molecule has 0 bridgehead atoms. The van der Waals surface area contributed by atoms with Gasteiger partial charge in [-0.3, -0.25) is 0 Å². The van der Waals surface area contributed by atoms with Crippen LogP contribution in [-0.4, -0.2) is 5.11 Å². The molecule has 0 saturated carbocycles. The summed E-state index contributed by atoms with van der Waals surface area (Å²) in [5.41, 5.74) is 0.884. The van der Waals surface area contributed by atoms with Gasteiger partial charge in [0.2, 0.25) is 0 Å². The predicted molar refractivity (Wildman–Crippen MR) is 73.5 cm³/mol. The van der Waals surface area contributed by atoms with E-state index in [1.807, 2.05) is 0 Å². The zero-order valence-electron chi connectivity index (χ0n) is 12.4. The summed E-state index contributed by atoms with van der Waals surface area (Å²) in [7, 11) is 0. The highest BCUT2D eigenvalue weighted by Gasteiger charge is 2.17.